The summed E-state index contributed by atoms with van der Waals surface area (Å²) in [7, 11) is 0. The van der Waals surface area contributed by atoms with Gasteiger partial charge in [-0.3, -0.25) is 10.1 Å². The van der Waals surface area contributed by atoms with Gasteiger partial charge in [-0.25, -0.2) is 9.97 Å². The van der Waals surface area contributed by atoms with Crippen molar-refractivity contribution < 1.29 is 9.34 Å². The number of nitrogens with one attached hydrogen (secondary N) is 1. The molecule has 1 N–H and O–H groups in total. The van der Waals surface area contributed by atoms with Crippen LogP contribution < -0.4 is 5.32 Å². The summed E-state index contributed by atoms with van der Waals surface area (Å²) in [6.07, 6.45) is 6.02. The lowest BCUT2D eigenvalue weighted by atomic mass is 9.95. The third kappa shape index (κ3) is 2.84. The molecular weight excluding hydrogens is 328 g/mol. The molecule has 0 atom stereocenters. The van der Waals surface area contributed by atoms with Crippen molar-refractivity contribution in [2.45, 2.75) is 38.1 Å². The molecule has 124 valence electrons. The van der Waals surface area contributed by atoms with Crippen LogP contribution in [0.5, 0.6) is 0 Å². The SMILES string of the molecule is O=[N+]([O-])c1ccc(-c2nc(NC3CCCCC3)c3sccc3n2)o1. The standard InChI is InChI=1S/C16H16N4O3S/c21-20(22)13-7-6-12(23-13)15-18-11-8-9-24-14(11)16(19-15)17-10-4-2-1-3-5-10/h6-10H,1-5H2,(H,17,18,19). The van der Waals surface area contributed by atoms with Crippen molar-refractivity contribution in [3.05, 3.63) is 33.7 Å². The molecule has 0 aliphatic heterocycles. The molecule has 0 aromatic carbocycles. The first-order chi connectivity index (χ1) is 11.7. The lowest BCUT2D eigenvalue weighted by Gasteiger charge is -2.23. The quantitative estimate of drug-likeness (QED) is 0.549. The number of furan rings is 1. The van der Waals surface area contributed by atoms with Crippen LogP contribution in [-0.4, -0.2) is 20.9 Å². The van der Waals surface area contributed by atoms with Gasteiger partial charge < -0.3 is 9.73 Å². The topological polar surface area (TPSA) is 94.1 Å². The van der Waals surface area contributed by atoms with Gasteiger partial charge in [0.15, 0.2) is 11.6 Å². The molecule has 0 saturated heterocycles. The number of nitrogens with zero attached hydrogens (tertiary/aromatic N) is 3. The normalized spacial score (nSPS) is 15.7. The summed E-state index contributed by atoms with van der Waals surface area (Å²) in [5.41, 5.74) is 0.822. The molecule has 8 heteroatoms. The minimum atomic E-state index is -0.562. The highest BCUT2D eigenvalue weighted by atomic mass is 32.1. The molecule has 3 aromatic heterocycles. The van der Waals surface area contributed by atoms with Gasteiger partial charge in [0.1, 0.15) is 10.7 Å². The molecule has 24 heavy (non-hydrogen) atoms. The third-order valence-corrected chi connectivity index (χ3v) is 5.15. The minimum Gasteiger partial charge on any atom is -0.397 e. The zero-order valence-electron chi connectivity index (χ0n) is 12.9. The van der Waals surface area contributed by atoms with Crippen LogP contribution in [0.2, 0.25) is 0 Å². The highest BCUT2D eigenvalue weighted by molar-refractivity contribution is 7.17. The average Bonchev–Trinajstić information content (AvgIpc) is 3.25. The Morgan fingerprint density at radius 3 is 2.79 bits per heavy atom. The van der Waals surface area contributed by atoms with Gasteiger partial charge in [-0.1, -0.05) is 19.3 Å². The predicted molar refractivity (Wildman–Crippen MR) is 92.3 cm³/mol. The number of nitro groups is 1. The Balaban J connectivity index is 1.72. The summed E-state index contributed by atoms with van der Waals surface area (Å²) in [4.78, 5) is 19.3. The number of rotatable bonds is 4. The maximum atomic E-state index is 10.8. The number of hydrogen-bond acceptors (Lipinski definition) is 7. The molecule has 1 aliphatic carbocycles. The van der Waals surface area contributed by atoms with E-state index in [1.165, 1.54) is 31.4 Å². The van der Waals surface area contributed by atoms with Crippen LogP contribution in [0.3, 0.4) is 0 Å². The second kappa shape index (κ2) is 6.20. The van der Waals surface area contributed by atoms with Crippen molar-refractivity contribution in [1.82, 2.24) is 9.97 Å². The highest BCUT2D eigenvalue weighted by Crippen LogP contribution is 2.32. The van der Waals surface area contributed by atoms with Gasteiger partial charge in [-0.15, -0.1) is 11.3 Å². The molecule has 1 saturated carbocycles. The molecule has 0 bridgehead atoms. The molecule has 4 rings (SSSR count). The molecule has 0 unspecified atom stereocenters. The van der Waals surface area contributed by atoms with Gasteiger partial charge in [0.05, 0.1) is 16.3 Å². The predicted octanol–water partition coefficient (Wildman–Crippen LogP) is 4.60. The van der Waals surface area contributed by atoms with Gasteiger partial charge >= 0.3 is 5.88 Å². The molecule has 1 aliphatic rings. The second-order valence-corrected chi connectivity index (χ2v) is 6.82. The smallest absolute Gasteiger partial charge is 0.397 e. The summed E-state index contributed by atoms with van der Waals surface area (Å²) < 4.78 is 6.26. The molecule has 3 heterocycles. The summed E-state index contributed by atoms with van der Waals surface area (Å²) >= 11 is 1.59. The fourth-order valence-electron chi connectivity index (χ4n) is 3.06. The molecule has 0 amide bonds. The molecule has 3 aromatic rings. The Morgan fingerprint density at radius 1 is 1.21 bits per heavy atom. The molecule has 1 fully saturated rings. The van der Waals surface area contributed by atoms with Gasteiger partial charge in [0, 0.05) is 6.04 Å². The van der Waals surface area contributed by atoms with E-state index in [2.05, 4.69) is 15.3 Å². The zero-order valence-corrected chi connectivity index (χ0v) is 13.7. The van der Waals surface area contributed by atoms with Gasteiger partial charge in [-0.05, 0) is 30.4 Å². The highest BCUT2D eigenvalue weighted by Gasteiger charge is 2.20. The minimum absolute atomic E-state index is 0.305. The fraction of sp³-hybridized carbons (Fsp3) is 0.375. The Kier molecular flexibility index (Phi) is 3.89. The van der Waals surface area contributed by atoms with E-state index in [4.69, 9.17) is 4.42 Å². The monoisotopic (exact) mass is 344 g/mol. The fourth-order valence-corrected chi connectivity index (χ4v) is 3.84. The Labute approximate surface area is 141 Å². The Hall–Kier alpha value is -2.48. The second-order valence-electron chi connectivity index (χ2n) is 5.91. The number of thiophene rings is 1. The maximum absolute atomic E-state index is 10.8. The van der Waals surface area contributed by atoms with E-state index in [0.29, 0.717) is 17.6 Å². The lowest BCUT2D eigenvalue weighted by Crippen LogP contribution is -2.23. The van der Waals surface area contributed by atoms with Crippen LogP contribution in [0.15, 0.2) is 28.0 Å². The van der Waals surface area contributed by atoms with E-state index in [0.717, 1.165) is 28.9 Å². The van der Waals surface area contributed by atoms with Crippen LogP contribution >= 0.6 is 11.3 Å². The summed E-state index contributed by atoms with van der Waals surface area (Å²) in [6.45, 7) is 0. The molecule has 0 spiro atoms. The van der Waals surface area contributed by atoms with Gasteiger partial charge in [0.25, 0.3) is 0 Å². The number of fused-ring (bicyclic) bond motifs is 1. The third-order valence-electron chi connectivity index (χ3n) is 4.24. The van der Waals surface area contributed by atoms with Crippen molar-refractivity contribution in [3.8, 4) is 11.6 Å². The zero-order chi connectivity index (χ0) is 16.5. The first-order valence-electron chi connectivity index (χ1n) is 7.97. The summed E-state index contributed by atoms with van der Waals surface area (Å²) in [5.74, 6) is 1.16. The van der Waals surface area contributed by atoms with Crippen LogP contribution in [0.25, 0.3) is 21.8 Å². The van der Waals surface area contributed by atoms with E-state index in [1.807, 2.05) is 11.4 Å². The maximum Gasteiger partial charge on any atom is 0.433 e. The molecule has 0 radical (unpaired) electrons. The first kappa shape index (κ1) is 15.1. The summed E-state index contributed by atoms with van der Waals surface area (Å²) in [6, 6.07) is 5.20. The number of hydrogen-bond donors (Lipinski definition) is 1. The number of aromatic nitrogens is 2. The first-order valence-corrected chi connectivity index (χ1v) is 8.85. The van der Waals surface area contributed by atoms with Crippen molar-refractivity contribution in [2.24, 2.45) is 0 Å². The Morgan fingerprint density at radius 2 is 2.04 bits per heavy atom. The van der Waals surface area contributed by atoms with Crippen LogP contribution in [-0.2, 0) is 0 Å². The van der Waals surface area contributed by atoms with Crippen molar-refractivity contribution >= 4 is 33.3 Å². The van der Waals surface area contributed by atoms with E-state index in [9.17, 15) is 10.1 Å². The lowest BCUT2D eigenvalue weighted by molar-refractivity contribution is -0.401. The van der Waals surface area contributed by atoms with Crippen molar-refractivity contribution in [1.29, 1.82) is 0 Å². The Bertz CT molecular complexity index is 882. The average molecular weight is 344 g/mol. The van der Waals surface area contributed by atoms with Gasteiger partial charge in [-0.2, -0.15) is 0 Å². The molecular formula is C16H16N4O3S. The molecule has 7 nitrogen and oxygen atoms in total. The van der Waals surface area contributed by atoms with Crippen LogP contribution in [0.1, 0.15) is 32.1 Å². The largest absolute Gasteiger partial charge is 0.433 e. The van der Waals surface area contributed by atoms with Crippen molar-refractivity contribution in [3.63, 3.8) is 0 Å². The van der Waals surface area contributed by atoms with E-state index in [1.54, 1.807) is 11.3 Å². The van der Waals surface area contributed by atoms with E-state index in [-0.39, 0.29) is 5.88 Å². The van der Waals surface area contributed by atoms with Gasteiger partial charge in [0.2, 0.25) is 0 Å². The van der Waals surface area contributed by atoms with E-state index < -0.39 is 4.92 Å². The number of anilines is 1. The summed E-state index contributed by atoms with van der Waals surface area (Å²) in [5, 5.41) is 16.3. The van der Waals surface area contributed by atoms with Crippen LogP contribution in [0.4, 0.5) is 11.7 Å². The van der Waals surface area contributed by atoms with Crippen molar-refractivity contribution in [2.75, 3.05) is 5.32 Å². The van der Waals surface area contributed by atoms with Crippen LogP contribution in [0, 0.1) is 10.1 Å². The van der Waals surface area contributed by atoms with E-state index >= 15 is 0 Å².